The molecule has 1 amide bonds. The van der Waals surface area contributed by atoms with Crippen LogP contribution < -0.4 is 4.74 Å². The van der Waals surface area contributed by atoms with Crippen molar-refractivity contribution in [2.24, 2.45) is 0 Å². The van der Waals surface area contributed by atoms with Crippen molar-refractivity contribution in [1.82, 2.24) is 9.88 Å². The van der Waals surface area contributed by atoms with Gasteiger partial charge >= 0.3 is 6.09 Å². The summed E-state index contributed by atoms with van der Waals surface area (Å²) in [6.07, 6.45) is 2.39. The van der Waals surface area contributed by atoms with E-state index in [1.165, 1.54) is 0 Å². The number of amides is 1. The molecule has 1 aromatic heterocycles. The number of carbonyl (C=O) groups is 1. The molecule has 6 heteroatoms. The average Bonchev–Trinajstić information content (AvgIpc) is 2.84. The fourth-order valence-electron chi connectivity index (χ4n) is 3.89. The first-order chi connectivity index (χ1) is 16.3. The van der Waals surface area contributed by atoms with Crippen LogP contribution in [0, 0.1) is 0 Å². The predicted molar refractivity (Wildman–Crippen MR) is 134 cm³/mol. The second-order valence-electron chi connectivity index (χ2n) is 9.05. The van der Waals surface area contributed by atoms with Crippen LogP contribution in [0.25, 0.3) is 11.1 Å². The number of pyridine rings is 1. The minimum Gasteiger partial charge on any atom is -0.481 e. The Bertz CT molecular complexity index is 988. The van der Waals surface area contributed by atoms with E-state index in [-0.39, 0.29) is 18.2 Å². The largest absolute Gasteiger partial charge is 0.481 e. The number of ether oxygens (including phenoxy) is 2. The van der Waals surface area contributed by atoms with Crippen molar-refractivity contribution in [2.45, 2.75) is 51.4 Å². The normalized spacial score (nSPS) is 16.7. The number of carbonyl (C=O) groups excluding carboxylic acids is 1. The molecule has 0 saturated carbocycles. The minimum atomic E-state index is -0.842. The highest BCUT2D eigenvalue weighted by atomic mass is 16.6. The van der Waals surface area contributed by atoms with Gasteiger partial charge in [-0.1, -0.05) is 60.7 Å². The number of aliphatic hydroxyl groups is 1. The predicted octanol–water partition coefficient (Wildman–Crippen LogP) is 5.88. The number of rotatable bonds is 6. The fourth-order valence-corrected chi connectivity index (χ4v) is 3.89. The summed E-state index contributed by atoms with van der Waals surface area (Å²) in [4.78, 5) is 18.4. The van der Waals surface area contributed by atoms with E-state index in [1.807, 2.05) is 79.7 Å². The van der Waals surface area contributed by atoms with Crippen LogP contribution in [0.2, 0.25) is 0 Å². The lowest BCUT2D eigenvalue weighted by atomic mass is 9.97. The molecular formula is C28H34N2O4. The van der Waals surface area contributed by atoms with Crippen LogP contribution >= 0.6 is 0 Å². The van der Waals surface area contributed by atoms with Crippen molar-refractivity contribution in [3.05, 3.63) is 84.6 Å². The summed E-state index contributed by atoms with van der Waals surface area (Å²) in [5.41, 5.74) is 2.26. The van der Waals surface area contributed by atoms with E-state index in [0.29, 0.717) is 18.8 Å². The first-order valence-electron chi connectivity index (χ1n) is 11.6. The highest BCUT2D eigenvalue weighted by Crippen LogP contribution is 2.29. The zero-order valence-electron chi connectivity index (χ0n) is 20.3. The van der Waals surface area contributed by atoms with E-state index in [2.05, 4.69) is 4.98 Å². The molecule has 0 spiro atoms. The third kappa shape index (κ3) is 7.32. The molecule has 1 aliphatic rings. The van der Waals surface area contributed by atoms with E-state index >= 15 is 0 Å². The highest BCUT2D eigenvalue weighted by Gasteiger charge is 2.33. The van der Waals surface area contributed by atoms with Crippen LogP contribution in [-0.4, -0.2) is 46.4 Å². The molecule has 180 valence electrons. The number of hydrogen-bond acceptors (Lipinski definition) is 5. The number of methoxy groups -OCH3 is 1. The molecular weight excluding hydrogens is 428 g/mol. The maximum absolute atomic E-state index is 12.5. The molecule has 0 radical (unpaired) electrons. The molecule has 4 rings (SSSR count). The van der Waals surface area contributed by atoms with Crippen LogP contribution in [-0.2, 0) is 4.74 Å². The lowest BCUT2D eigenvalue weighted by Gasteiger charge is -2.37. The molecule has 0 bridgehead atoms. The van der Waals surface area contributed by atoms with Crippen LogP contribution in [0.15, 0.2) is 79.0 Å². The van der Waals surface area contributed by atoms with Crippen molar-refractivity contribution in [3.63, 3.8) is 0 Å². The van der Waals surface area contributed by atoms with Crippen molar-refractivity contribution < 1.29 is 19.4 Å². The van der Waals surface area contributed by atoms with Gasteiger partial charge in [-0.2, -0.15) is 0 Å². The molecule has 0 aliphatic carbocycles. The Balaban J connectivity index is 0.000000469. The number of aromatic nitrogens is 1. The van der Waals surface area contributed by atoms with E-state index in [0.717, 1.165) is 23.1 Å². The van der Waals surface area contributed by atoms with Gasteiger partial charge in [0.25, 0.3) is 0 Å². The number of hydrogen-bond donors (Lipinski definition) is 1. The van der Waals surface area contributed by atoms with Crippen LogP contribution in [0.5, 0.6) is 5.88 Å². The molecule has 2 aromatic carbocycles. The Labute approximate surface area is 202 Å². The smallest absolute Gasteiger partial charge is 0.410 e. The second kappa shape index (κ2) is 11.7. The molecule has 1 fully saturated rings. The summed E-state index contributed by atoms with van der Waals surface area (Å²) >= 11 is 0. The Morgan fingerprint density at radius 1 is 1.06 bits per heavy atom. The Morgan fingerprint density at radius 2 is 1.65 bits per heavy atom. The molecule has 34 heavy (non-hydrogen) atoms. The molecule has 1 aliphatic heterocycles. The number of nitrogens with zero attached hydrogens (tertiary/aromatic N) is 2. The monoisotopic (exact) mass is 462 g/mol. The lowest BCUT2D eigenvalue weighted by Crippen LogP contribution is -2.45. The van der Waals surface area contributed by atoms with Crippen molar-refractivity contribution in [1.29, 1.82) is 0 Å². The first-order valence-corrected chi connectivity index (χ1v) is 11.6. The molecule has 2 unspecified atom stereocenters. The third-order valence-corrected chi connectivity index (χ3v) is 5.73. The highest BCUT2D eigenvalue weighted by molar-refractivity contribution is 5.69. The van der Waals surface area contributed by atoms with Gasteiger partial charge in [0.1, 0.15) is 6.10 Å². The van der Waals surface area contributed by atoms with E-state index < -0.39 is 5.60 Å². The topological polar surface area (TPSA) is 71.9 Å². The van der Waals surface area contributed by atoms with Gasteiger partial charge in [-0.25, -0.2) is 9.78 Å². The molecule has 1 N–H and O–H groups in total. The minimum absolute atomic E-state index is 0.0846. The Morgan fingerprint density at radius 3 is 2.12 bits per heavy atom. The second-order valence-corrected chi connectivity index (χ2v) is 9.05. The summed E-state index contributed by atoms with van der Waals surface area (Å²) in [5, 5.41) is 9.94. The zero-order valence-corrected chi connectivity index (χ0v) is 20.3. The molecule has 6 nitrogen and oxygen atoms in total. The van der Waals surface area contributed by atoms with Gasteiger partial charge < -0.3 is 19.5 Å². The van der Waals surface area contributed by atoms with Gasteiger partial charge in [0.2, 0.25) is 5.88 Å². The summed E-state index contributed by atoms with van der Waals surface area (Å²) in [5.74, 6) is 0.584. The summed E-state index contributed by atoms with van der Waals surface area (Å²) < 4.78 is 10.6. The van der Waals surface area contributed by atoms with Crippen LogP contribution in [0.4, 0.5) is 4.79 Å². The van der Waals surface area contributed by atoms with Gasteiger partial charge in [0, 0.05) is 37.2 Å². The van der Waals surface area contributed by atoms with E-state index in [1.54, 1.807) is 32.1 Å². The summed E-state index contributed by atoms with van der Waals surface area (Å²) in [6, 6.07) is 23.8. The van der Waals surface area contributed by atoms with Gasteiger partial charge in [-0.3, -0.25) is 0 Å². The number of benzene rings is 2. The SMILES string of the molecule is COc1ccc(-c2ccc(C(C)N3CCC(CC(C)(C)O)OC3=O)cc2)cn1.c1ccccc1. The van der Waals surface area contributed by atoms with Gasteiger partial charge in [0.05, 0.1) is 18.8 Å². The molecule has 1 saturated heterocycles. The molecule has 3 aromatic rings. The molecule has 2 heterocycles. The maximum atomic E-state index is 12.5. The van der Waals surface area contributed by atoms with Crippen molar-refractivity contribution in [2.75, 3.05) is 13.7 Å². The standard InChI is InChI=1S/C22H28N2O4.C6H6/c1-15(24-12-11-19(28-21(24)25)13-22(2,3)26)16-5-7-17(8-6-16)18-9-10-20(27-4)23-14-18;1-2-4-6-5-3-1/h5-10,14-15,19,26H,11-13H2,1-4H3;1-6H. The summed E-state index contributed by atoms with van der Waals surface area (Å²) in [6.45, 7) is 6.08. The van der Waals surface area contributed by atoms with E-state index in [4.69, 9.17) is 9.47 Å². The fraction of sp³-hybridized carbons (Fsp3) is 0.357. The maximum Gasteiger partial charge on any atom is 0.410 e. The van der Waals surface area contributed by atoms with Crippen LogP contribution in [0.3, 0.4) is 0 Å². The lowest BCUT2D eigenvalue weighted by molar-refractivity contribution is -0.0309. The summed E-state index contributed by atoms with van der Waals surface area (Å²) in [7, 11) is 1.59. The van der Waals surface area contributed by atoms with Crippen molar-refractivity contribution >= 4 is 6.09 Å². The average molecular weight is 463 g/mol. The zero-order chi connectivity index (χ0) is 24.6. The van der Waals surface area contributed by atoms with E-state index in [9.17, 15) is 9.90 Å². The molecule has 2 atom stereocenters. The Hall–Kier alpha value is -3.38. The first kappa shape index (κ1) is 25.2. The quantitative estimate of drug-likeness (QED) is 0.495. The van der Waals surface area contributed by atoms with Gasteiger partial charge in [-0.15, -0.1) is 0 Å². The Kier molecular flexibility index (Phi) is 8.66. The van der Waals surface area contributed by atoms with Gasteiger partial charge in [-0.05, 0) is 38.0 Å². The third-order valence-electron chi connectivity index (χ3n) is 5.73. The van der Waals surface area contributed by atoms with Crippen LogP contribution in [0.1, 0.15) is 45.2 Å². The number of cyclic esters (lactones) is 1. The van der Waals surface area contributed by atoms with Gasteiger partial charge in [0.15, 0.2) is 0 Å². The van der Waals surface area contributed by atoms with Crippen molar-refractivity contribution in [3.8, 4) is 17.0 Å².